The Kier molecular flexibility index (Phi) is 4.65. The fourth-order valence-electron chi connectivity index (χ4n) is 1.90. The molecule has 0 heterocycles. The zero-order valence-corrected chi connectivity index (χ0v) is 12.5. The lowest BCUT2D eigenvalue weighted by Gasteiger charge is -2.16. The van der Waals surface area contributed by atoms with Gasteiger partial charge in [0.05, 0.1) is 15.0 Å². The van der Waals surface area contributed by atoms with Crippen LogP contribution < -0.4 is 5.32 Å². The van der Waals surface area contributed by atoms with Gasteiger partial charge in [0.2, 0.25) is 0 Å². The highest BCUT2D eigenvalue weighted by atomic mass is 35.5. The van der Waals surface area contributed by atoms with Crippen molar-refractivity contribution < 1.29 is 9.31 Å². The van der Waals surface area contributed by atoms with E-state index in [1.54, 1.807) is 19.1 Å². The number of rotatable bonds is 4. The standard InChI is InChI=1S/C14H11Cl2FN2O2/c1-8(9-3-2-4-10(17)5-9)18-13-6-11(15)12(16)7-14(13)19(20)21/h2-8,18H,1H3. The van der Waals surface area contributed by atoms with Crippen molar-refractivity contribution in [2.75, 3.05) is 5.32 Å². The quantitative estimate of drug-likeness (QED) is 0.618. The first-order chi connectivity index (χ1) is 9.88. The van der Waals surface area contributed by atoms with E-state index in [1.165, 1.54) is 24.3 Å². The van der Waals surface area contributed by atoms with Crippen LogP contribution in [0.2, 0.25) is 10.0 Å². The SMILES string of the molecule is CC(Nc1cc(Cl)c(Cl)cc1[N+](=O)[O-])c1cccc(F)c1. The second kappa shape index (κ2) is 6.28. The lowest BCUT2D eigenvalue weighted by Crippen LogP contribution is -2.08. The van der Waals surface area contributed by atoms with Crippen molar-refractivity contribution in [2.45, 2.75) is 13.0 Å². The van der Waals surface area contributed by atoms with E-state index in [-0.39, 0.29) is 33.3 Å². The minimum absolute atomic E-state index is 0.104. The summed E-state index contributed by atoms with van der Waals surface area (Å²) < 4.78 is 13.2. The molecule has 0 fully saturated rings. The third-order valence-electron chi connectivity index (χ3n) is 2.96. The Hall–Kier alpha value is -1.85. The van der Waals surface area contributed by atoms with Crippen molar-refractivity contribution in [1.29, 1.82) is 0 Å². The Morgan fingerprint density at radius 2 is 1.90 bits per heavy atom. The number of hydrogen-bond acceptors (Lipinski definition) is 3. The minimum atomic E-state index is -0.553. The van der Waals surface area contributed by atoms with Gasteiger partial charge in [-0.25, -0.2) is 4.39 Å². The Bertz CT molecular complexity index is 695. The summed E-state index contributed by atoms with van der Waals surface area (Å²) in [6.07, 6.45) is 0. The first-order valence-electron chi connectivity index (χ1n) is 6.04. The highest BCUT2D eigenvalue weighted by molar-refractivity contribution is 6.42. The van der Waals surface area contributed by atoms with Gasteiger partial charge in [0, 0.05) is 12.1 Å². The number of benzene rings is 2. The molecule has 0 aliphatic rings. The first kappa shape index (κ1) is 15.5. The smallest absolute Gasteiger partial charge is 0.293 e. The number of halogens is 3. The predicted molar refractivity (Wildman–Crippen MR) is 81.6 cm³/mol. The average molecular weight is 329 g/mol. The monoisotopic (exact) mass is 328 g/mol. The van der Waals surface area contributed by atoms with Gasteiger partial charge < -0.3 is 5.32 Å². The molecule has 0 amide bonds. The molecule has 21 heavy (non-hydrogen) atoms. The van der Waals surface area contributed by atoms with Crippen LogP contribution in [-0.2, 0) is 0 Å². The summed E-state index contributed by atoms with van der Waals surface area (Å²) in [5.41, 5.74) is 0.703. The molecule has 2 aromatic carbocycles. The Balaban J connectivity index is 2.34. The fourth-order valence-corrected chi connectivity index (χ4v) is 2.22. The van der Waals surface area contributed by atoms with E-state index >= 15 is 0 Å². The number of nitrogens with zero attached hydrogens (tertiary/aromatic N) is 1. The largest absolute Gasteiger partial charge is 0.373 e. The minimum Gasteiger partial charge on any atom is -0.373 e. The van der Waals surface area contributed by atoms with Gasteiger partial charge in [0.1, 0.15) is 11.5 Å². The number of nitro benzene ring substituents is 1. The first-order valence-corrected chi connectivity index (χ1v) is 6.79. The topological polar surface area (TPSA) is 55.2 Å². The van der Waals surface area contributed by atoms with Crippen LogP contribution in [0.5, 0.6) is 0 Å². The van der Waals surface area contributed by atoms with Gasteiger partial charge in [0.25, 0.3) is 5.69 Å². The van der Waals surface area contributed by atoms with Crippen LogP contribution in [0.3, 0.4) is 0 Å². The molecular weight excluding hydrogens is 318 g/mol. The molecule has 4 nitrogen and oxygen atoms in total. The molecule has 2 aromatic rings. The summed E-state index contributed by atoms with van der Waals surface area (Å²) in [5, 5.41) is 14.3. The Morgan fingerprint density at radius 1 is 1.24 bits per heavy atom. The molecule has 0 saturated heterocycles. The van der Waals surface area contributed by atoms with Crippen LogP contribution in [-0.4, -0.2) is 4.92 Å². The molecule has 2 rings (SSSR count). The van der Waals surface area contributed by atoms with E-state index in [2.05, 4.69) is 5.32 Å². The van der Waals surface area contributed by atoms with Crippen molar-refractivity contribution in [2.24, 2.45) is 0 Å². The third-order valence-corrected chi connectivity index (χ3v) is 3.68. The molecule has 1 atom stereocenters. The number of anilines is 1. The van der Waals surface area contributed by atoms with E-state index in [4.69, 9.17) is 23.2 Å². The summed E-state index contributed by atoms with van der Waals surface area (Å²) >= 11 is 11.7. The molecule has 1 unspecified atom stereocenters. The van der Waals surface area contributed by atoms with Gasteiger partial charge in [-0.1, -0.05) is 35.3 Å². The van der Waals surface area contributed by atoms with E-state index < -0.39 is 4.92 Å². The highest BCUT2D eigenvalue weighted by Gasteiger charge is 2.19. The van der Waals surface area contributed by atoms with Crippen LogP contribution in [0.15, 0.2) is 36.4 Å². The Labute approximate surface area is 130 Å². The maximum Gasteiger partial charge on any atom is 0.293 e. The predicted octanol–water partition coefficient (Wildman–Crippen LogP) is 5.21. The van der Waals surface area contributed by atoms with Crippen molar-refractivity contribution in [1.82, 2.24) is 0 Å². The van der Waals surface area contributed by atoms with Gasteiger partial charge >= 0.3 is 0 Å². The van der Waals surface area contributed by atoms with Crippen molar-refractivity contribution in [3.8, 4) is 0 Å². The zero-order valence-electron chi connectivity index (χ0n) is 10.9. The molecule has 7 heteroatoms. The zero-order chi connectivity index (χ0) is 15.6. The summed E-state index contributed by atoms with van der Waals surface area (Å²) in [4.78, 5) is 10.5. The van der Waals surface area contributed by atoms with Crippen LogP contribution in [0, 0.1) is 15.9 Å². The normalized spacial score (nSPS) is 12.0. The summed E-state index contributed by atoms with van der Waals surface area (Å²) in [5.74, 6) is -0.371. The van der Waals surface area contributed by atoms with Gasteiger partial charge in [-0.05, 0) is 30.7 Å². The molecule has 0 aliphatic carbocycles. The van der Waals surface area contributed by atoms with Crippen LogP contribution >= 0.6 is 23.2 Å². The maximum absolute atomic E-state index is 13.2. The van der Waals surface area contributed by atoms with Crippen molar-refractivity contribution in [3.63, 3.8) is 0 Å². The maximum atomic E-state index is 13.2. The van der Waals surface area contributed by atoms with Crippen LogP contribution in [0.1, 0.15) is 18.5 Å². The molecule has 0 bridgehead atoms. The van der Waals surface area contributed by atoms with Crippen molar-refractivity contribution >= 4 is 34.6 Å². The molecule has 0 radical (unpaired) electrons. The lowest BCUT2D eigenvalue weighted by atomic mass is 10.1. The molecule has 0 aliphatic heterocycles. The highest BCUT2D eigenvalue weighted by Crippen LogP contribution is 2.35. The summed E-state index contributed by atoms with van der Waals surface area (Å²) in [6, 6.07) is 8.23. The summed E-state index contributed by atoms with van der Waals surface area (Å²) in [6.45, 7) is 1.76. The molecular formula is C14H11Cl2FN2O2. The summed E-state index contributed by atoms with van der Waals surface area (Å²) in [7, 11) is 0. The van der Waals surface area contributed by atoms with Gasteiger partial charge in [-0.3, -0.25) is 10.1 Å². The van der Waals surface area contributed by atoms with Gasteiger partial charge in [-0.15, -0.1) is 0 Å². The van der Waals surface area contributed by atoms with E-state index in [0.29, 0.717) is 5.56 Å². The second-order valence-corrected chi connectivity index (χ2v) is 5.28. The molecule has 0 aromatic heterocycles. The van der Waals surface area contributed by atoms with Crippen LogP contribution in [0.4, 0.5) is 15.8 Å². The number of nitrogens with one attached hydrogen (secondary N) is 1. The number of hydrogen-bond donors (Lipinski definition) is 1. The lowest BCUT2D eigenvalue weighted by molar-refractivity contribution is -0.384. The molecule has 0 spiro atoms. The molecule has 110 valence electrons. The number of nitro groups is 1. The van der Waals surface area contributed by atoms with Gasteiger partial charge in [0.15, 0.2) is 0 Å². The molecule has 0 saturated carbocycles. The van der Waals surface area contributed by atoms with E-state index in [1.807, 2.05) is 0 Å². The Morgan fingerprint density at radius 3 is 2.52 bits per heavy atom. The second-order valence-electron chi connectivity index (χ2n) is 4.46. The average Bonchev–Trinajstić information content (AvgIpc) is 2.42. The van der Waals surface area contributed by atoms with E-state index in [0.717, 1.165) is 0 Å². The molecule has 1 N–H and O–H groups in total. The van der Waals surface area contributed by atoms with Crippen LogP contribution in [0.25, 0.3) is 0 Å². The van der Waals surface area contributed by atoms with Gasteiger partial charge in [-0.2, -0.15) is 0 Å². The fraction of sp³-hybridized carbons (Fsp3) is 0.143. The third kappa shape index (κ3) is 3.62. The van der Waals surface area contributed by atoms with E-state index in [9.17, 15) is 14.5 Å². The van der Waals surface area contributed by atoms with Crippen molar-refractivity contribution in [3.05, 3.63) is 67.9 Å².